The summed E-state index contributed by atoms with van der Waals surface area (Å²) < 4.78 is 6.52. The second kappa shape index (κ2) is 8.67. The van der Waals surface area contributed by atoms with Crippen molar-refractivity contribution in [2.24, 2.45) is 0 Å². The molecule has 1 amide bonds. The molecule has 4 rings (SSSR count). The zero-order chi connectivity index (χ0) is 21.8. The molecule has 1 saturated carbocycles. The van der Waals surface area contributed by atoms with Crippen LogP contribution in [0.5, 0.6) is 0 Å². The highest BCUT2D eigenvalue weighted by Gasteiger charge is 2.45. The highest BCUT2D eigenvalue weighted by atomic mass is 16.5. The van der Waals surface area contributed by atoms with Crippen LogP contribution in [-0.4, -0.2) is 51.1 Å². The minimum Gasteiger partial charge on any atom is -0.465 e. The predicted octanol–water partition coefficient (Wildman–Crippen LogP) is 3.38. The highest BCUT2D eigenvalue weighted by molar-refractivity contribution is 5.95. The van der Waals surface area contributed by atoms with E-state index in [-0.39, 0.29) is 5.91 Å². The summed E-state index contributed by atoms with van der Waals surface area (Å²) in [5.74, 6) is -0.00269. The number of hydrogen-bond acceptors (Lipinski definition) is 6. The molecule has 0 unspecified atom stereocenters. The lowest BCUT2D eigenvalue weighted by atomic mass is 9.79. The number of ether oxygens (including phenoxy) is 1. The standard InChI is InChI=1S/C23H25N5O3/c1-27(20(29)17-11-5-3-6-12-17)23(15-9-4-10-16-23)22-24-25-26-28(22)19-14-8-7-13-18(19)21(30)31-2/h3,5-8,11-14H,4,9-10,15-16H2,1-2H3. The van der Waals surface area contributed by atoms with Gasteiger partial charge in [-0.25, -0.2) is 4.79 Å². The van der Waals surface area contributed by atoms with E-state index in [0.29, 0.717) is 22.6 Å². The molecular formula is C23H25N5O3. The van der Waals surface area contributed by atoms with Gasteiger partial charge in [-0.1, -0.05) is 49.6 Å². The molecule has 31 heavy (non-hydrogen) atoms. The number of amides is 1. The Morgan fingerprint density at radius 3 is 2.39 bits per heavy atom. The van der Waals surface area contributed by atoms with Gasteiger partial charge in [0.15, 0.2) is 5.82 Å². The van der Waals surface area contributed by atoms with Crippen LogP contribution in [0.2, 0.25) is 0 Å². The normalized spacial score (nSPS) is 15.3. The Morgan fingerprint density at radius 1 is 1.00 bits per heavy atom. The number of carbonyl (C=O) groups excluding carboxylic acids is 2. The summed E-state index contributed by atoms with van der Waals surface area (Å²) in [5.41, 5.74) is 0.822. The third-order valence-corrected chi connectivity index (χ3v) is 6.07. The second-order valence-corrected chi connectivity index (χ2v) is 7.75. The second-order valence-electron chi connectivity index (χ2n) is 7.75. The number of para-hydroxylation sites is 1. The number of benzene rings is 2. The van der Waals surface area contributed by atoms with Gasteiger partial charge in [-0.05, 0) is 47.5 Å². The number of methoxy groups -OCH3 is 1. The van der Waals surface area contributed by atoms with Crippen LogP contribution < -0.4 is 0 Å². The van der Waals surface area contributed by atoms with E-state index in [9.17, 15) is 9.59 Å². The third kappa shape index (κ3) is 3.69. The average Bonchev–Trinajstić information content (AvgIpc) is 3.34. The lowest BCUT2D eigenvalue weighted by molar-refractivity contribution is 0.0385. The number of esters is 1. The summed E-state index contributed by atoms with van der Waals surface area (Å²) in [6.07, 6.45) is 4.48. The zero-order valence-corrected chi connectivity index (χ0v) is 17.7. The number of aromatic nitrogens is 4. The zero-order valence-electron chi connectivity index (χ0n) is 17.7. The van der Waals surface area contributed by atoms with Crippen LogP contribution in [0.25, 0.3) is 5.69 Å². The third-order valence-electron chi connectivity index (χ3n) is 6.07. The number of rotatable bonds is 5. The molecule has 0 N–H and O–H groups in total. The van der Waals surface area contributed by atoms with Crippen molar-refractivity contribution in [3.8, 4) is 5.69 Å². The number of nitrogens with zero attached hydrogens (tertiary/aromatic N) is 5. The molecule has 160 valence electrons. The molecule has 0 spiro atoms. The quantitative estimate of drug-likeness (QED) is 0.589. The van der Waals surface area contributed by atoms with Gasteiger partial charge in [0, 0.05) is 12.6 Å². The molecule has 1 aliphatic rings. The number of hydrogen-bond donors (Lipinski definition) is 0. The molecule has 3 aromatic rings. The van der Waals surface area contributed by atoms with E-state index < -0.39 is 11.5 Å². The average molecular weight is 419 g/mol. The Bertz CT molecular complexity index is 1070. The van der Waals surface area contributed by atoms with Gasteiger partial charge in [-0.3, -0.25) is 4.79 Å². The van der Waals surface area contributed by atoms with Gasteiger partial charge in [0.25, 0.3) is 5.91 Å². The molecule has 1 aliphatic carbocycles. The lowest BCUT2D eigenvalue weighted by Crippen LogP contribution is -2.50. The molecule has 0 aliphatic heterocycles. The molecule has 0 bridgehead atoms. The van der Waals surface area contributed by atoms with E-state index in [0.717, 1.165) is 32.1 Å². The number of tetrazole rings is 1. The SMILES string of the molecule is COC(=O)c1ccccc1-n1nnnc1C1(N(C)C(=O)c2ccccc2)CCCCC1. The van der Waals surface area contributed by atoms with Crippen LogP contribution in [0.15, 0.2) is 54.6 Å². The van der Waals surface area contributed by atoms with Crippen LogP contribution in [0.1, 0.15) is 58.6 Å². The molecule has 0 saturated heterocycles. The summed E-state index contributed by atoms with van der Waals surface area (Å²) in [4.78, 5) is 27.5. The fourth-order valence-corrected chi connectivity index (χ4v) is 4.39. The Labute approximate surface area is 180 Å². The molecule has 0 atom stereocenters. The first-order valence-electron chi connectivity index (χ1n) is 10.4. The van der Waals surface area contributed by atoms with E-state index >= 15 is 0 Å². The Balaban J connectivity index is 1.83. The van der Waals surface area contributed by atoms with Crippen LogP contribution in [0.3, 0.4) is 0 Å². The van der Waals surface area contributed by atoms with Crippen molar-refractivity contribution in [2.75, 3.05) is 14.2 Å². The summed E-state index contributed by atoms with van der Waals surface area (Å²) in [6, 6.07) is 16.3. The fraction of sp³-hybridized carbons (Fsp3) is 0.348. The van der Waals surface area contributed by atoms with Crippen molar-refractivity contribution in [3.63, 3.8) is 0 Å². The van der Waals surface area contributed by atoms with Crippen molar-refractivity contribution in [1.82, 2.24) is 25.1 Å². The maximum absolute atomic E-state index is 13.4. The van der Waals surface area contributed by atoms with Crippen molar-refractivity contribution in [3.05, 3.63) is 71.5 Å². The van der Waals surface area contributed by atoms with E-state index in [1.165, 1.54) is 7.11 Å². The first-order valence-corrected chi connectivity index (χ1v) is 10.4. The minimum absolute atomic E-state index is 0.0849. The van der Waals surface area contributed by atoms with Crippen LogP contribution in [-0.2, 0) is 10.3 Å². The molecule has 1 fully saturated rings. The van der Waals surface area contributed by atoms with Gasteiger partial charge in [0.05, 0.1) is 18.4 Å². The molecule has 2 aromatic carbocycles. The maximum Gasteiger partial charge on any atom is 0.340 e. The summed E-state index contributed by atoms with van der Waals surface area (Å²) in [5, 5.41) is 12.5. The molecule has 8 heteroatoms. The highest BCUT2D eigenvalue weighted by Crippen LogP contribution is 2.42. The van der Waals surface area contributed by atoms with E-state index in [1.54, 1.807) is 27.8 Å². The summed E-state index contributed by atoms with van der Waals surface area (Å²) >= 11 is 0. The van der Waals surface area contributed by atoms with Crippen molar-refractivity contribution in [1.29, 1.82) is 0 Å². The van der Waals surface area contributed by atoms with Crippen molar-refractivity contribution < 1.29 is 14.3 Å². The minimum atomic E-state index is -0.683. The van der Waals surface area contributed by atoms with Gasteiger partial charge in [0.1, 0.15) is 5.54 Å². The monoisotopic (exact) mass is 419 g/mol. The summed E-state index contributed by atoms with van der Waals surface area (Å²) in [6.45, 7) is 0. The number of carbonyl (C=O) groups is 2. The maximum atomic E-state index is 13.4. The Hall–Kier alpha value is -3.55. The fourth-order valence-electron chi connectivity index (χ4n) is 4.39. The van der Waals surface area contributed by atoms with Crippen LogP contribution >= 0.6 is 0 Å². The molecule has 1 aromatic heterocycles. The van der Waals surface area contributed by atoms with Gasteiger partial charge < -0.3 is 9.64 Å². The van der Waals surface area contributed by atoms with E-state index in [2.05, 4.69) is 15.5 Å². The topological polar surface area (TPSA) is 90.2 Å². The largest absolute Gasteiger partial charge is 0.465 e. The van der Waals surface area contributed by atoms with Crippen molar-refractivity contribution in [2.45, 2.75) is 37.6 Å². The molecule has 0 radical (unpaired) electrons. The van der Waals surface area contributed by atoms with Gasteiger partial charge in [-0.2, -0.15) is 4.68 Å². The predicted molar refractivity (Wildman–Crippen MR) is 114 cm³/mol. The van der Waals surface area contributed by atoms with Crippen molar-refractivity contribution >= 4 is 11.9 Å². The first kappa shape index (κ1) is 20.7. The van der Waals surface area contributed by atoms with Gasteiger partial charge >= 0.3 is 5.97 Å². The van der Waals surface area contributed by atoms with Crippen LogP contribution in [0.4, 0.5) is 0 Å². The van der Waals surface area contributed by atoms with E-state index in [1.807, 2.05) is 43.4 Å². The smallest absolute Gasteiger partial charge is 0.340 e. The van der Waals surface area contributed by atoms with Gasteiger partial charge in [0.2, 0.25) is 0 Å². The van der Waals surface area contributed by atoms with E-state index in [4.69, 9.17) is 4.74 Å². The molecule has 1 heterocycles. The Morgan fingerprint density at radius 2 is 1.68 bits per heavy atom. The van der Waals surface area contributed by atoms with Crippen LogP contribution in [0, 0.1) is 0 Å². The molecular weight excluding hydrogens is 394 g/mol. The lowest BCUT2D eigenvalue weighted by Gasteiger charge is -2.43. The summed E-state index contributed by atoms with van der Waals surface area (Å²) in [7, 11) is 3.15. The van der Waals surface area contributed by atoms with Gasteiger partial charge in [-0.15, -0.1) is 5.10 Å². The molecule has 8 nitrogen and oxygen atoms in total. The first-order chi connectivity index (χ1) is 15.1. The Kier molecular flexibility index (Phi) is 5.79.